The third-order valence-corrected chi connectivity index (χ3v) is 7.54. The van der Waals surface area contributed by atoms with E-state index in [1.807, 2.05) is 27.7 Å². The quantitative estimate of drug-likeness (QED) is 0.348. The van der Waals surface area contributed by atoms with Crippen molar-refractivity contribution < 1.29 is 37.0 Å². The Morgan fingerprint density at radius 2 is 1.72 bits per heavy atom. The van der Waals surface area contributed by atoms with Crippen LogP contribution in [0.2, 0.25) is 0 Å². The van der Waals surface area contributed by atoms with Gasteiger partial charge in [0.1, 0.15) is 22.6 Å². The number of hydrogen-bond acceptors (Lipinski definition) is 6. The second-order valence-electron chi connectivity index (χ2n) is 12.0. The van der Waals surface area contributed by atoms with Crippen LogP contribution < -0.4 is 10.1 Å². The Morgan fingerprint density at radius 1 is 1.00 bits per heavy atom. The van der Waals surface area contributed by atoms with Gasteiger partial charge < -0.3 is 19.7 Å². The second-order valence-corrected chi connectivity index (χ2v) is 12.0. The first-order valence-corrected chi connectivity index (χ1v) is 13.9. The lowest BCUT2D eigenvalue weighted by molar-refractivity contribution is -0.141. The van der Waals surface area contributed by atoms with Crippen molar-refractivity contribution >= 4 is 23.5 Å². The van der Waals surface area contributed by atoms with Crippen LogP contribution in [0.15, 0.2) is 54.7 Å². The molecule has 1 fully saturated rings. The number of carbonyl (C=O) groups excluding carboxylic acids is 3. The highest BCUT2D eigenvalue weighted by molar-refractivity contribution is 6.05. The summed E-state index contributed by atoms with van der Waals surface area (Å²) < 4.78 is 51.2. The Bertz CT molecular complexity index is 1590. The lowest BCUT2D eigenvalue weighted by atomic mass is 9.82. The fourth-order valence-corrected chi connectivity index (χ4v) is 5.30. The number of piperidine rings is 1. The van der Waals surface area contributed by atoms with E-state index in [1.54, 1.807) is 41.3 Å². The van der Waals surface area contributed by atoms with Gasteiger partial charge in [0.25, 0.3) is 5.91 Å². The number of aryl methyl sites for hydroxylation is 1. The molecule has 2 amide bonds. The zero-order valence-electron chi connectivity index (χ0n) is 24.3. The molecule has 11 heteroatoms. The summed E-state index contributed by atoms with van der Waals surface area (Å²) in [6.07, 6.45) is -2.94. The molecule has 1 N–H and O–H groups in total. The minimum absolute atomic E-state index is 0.0353. The third-order valence-electron chi connectivity index (χ3n) is 7.54. The van der Waals surface area contributed by atoms with E-state index in [1.165, 1.54) is 6.07 Å². The number of alkyl halides is 3. The van der Waals surface area contributed by atoms with Gasteiger partial charge in [-0.3, -0.25) is 14.6 Å². The Balaban J connectivity index is 1.34. The number of ether oxygens (including phenoxy) is 2. The van der Waals surface area contributed by atoms with E-state index < -0.39 is 29.0 Å². The van der Waals surface area contributed by atoms with Crippen molar-refractivity contribution in [3.63, 3.8) is 0 Å². The molecule has 8 nitrogen and oxygen atoms in total. The van der Waals surface area contributed by atoms with E-state index >= 15 is 0 Å². The highest BCUT2D eigenvalue weighted by Crippen LogP contribution is 2.42. The van der Waals surface area contributed by atoms with Crippen LogP contribution in [0, 0.1) is 6.92 Å². The number of anilines is 1. The van der Waals surface area contributed by atoms with Crippen molar-refractivity contribution in [3.05, 3.63) is 77.1 Å². The average molecular weight is 596 g/mol. The van der Waals surface area contributed by atoms with Crippen molar-refractivity contribution in [2.24, 2.45) is 0 Å². The SMILES string of the molecule is Cc1ccc(NC(=O)c2ccnc(C(F)(F)F)c2)cc1-c1ccc2c(c1)OC1(CCN(C(=O)OC(C)(C)C)CC1)CC2=O. The van der Waals surface area contributed by atoms with Crippen molar-refractivity contribution in [1.82, 2.24) is 9.88 Å². The molecule has 1 aromatic heterocycles. The normalized spacial score (nSPS) is 16.3. The van der Waals surface area contributed by atoms with Crippen LogP contribution in [0.25, 0.3) is 11.1 Å². The maximum atomic E-state index is 13.2. The molecule has 0 bridgehead atoms. The Kier molecular flexibility index (Phi) is 7.70. The number of ketones is 1. The lowest BCUT2D eigenvalue weighted by Crippen LogP contribution is -2.52. The van der Waals surface area contributed by atoms with Crippen LogP contribution in [0.5, 0.6) is 5.75 Å². The molecule has 2 aliphatic rings. The first kappa shape index (κ1) is 30.1. The number of likely N-dealkylation sites (tertiary alicyclic amines) is 1. The molecule has 3 aromatic rings. The molecule has 0 radical (unpaired) electrons. The van der Waals surface area contributed by atoms with Gasteiger partial charge >= 0.3 is 12.3 Å². The predicted octanol–water partition coefficient (Wildman–Crippen LogP) is 7.06. The number of aromatic nitrogens is 1. The Hall–Kier alpha value is -4.41. The molecule has 0 saturated carbocycles. The Morgan fingerprint density at radius 3 is 2.40 bits per heavy atom. The molecule has 0 unspecified atom stereocenters. The summed E-state index contributed by atoms with van der Waals surface area (Å²) in [5.74, 6) is -0.293. The summed E-state index contributed by atoms with van der Waals surface area (Å²) in [5.41, 5.74) is 0.575. The van der Waals surface area contributed by atoms with Crippen LogP contribution >= 0.6 is 0 Å². The Labute approximate surface area is 247 Å². The summed E-state index contributed by atoms with van der Waals surface area (Å²) in [4.78, 5) is 43.4. The summed E-state index contributed by atoms with van der Waals surface area (Å²) >= 11 is 0. The van der Waals surface area contributed by atoms with Crippen molar-refractivity contribution in [2.45, 2.75) is 64.3 Å². The van der Waals surface area contributed by atoms with Gasteiger partial charge in [-0.05, 0) is 80.8 Å². The lowest BCUT2D eigenvalue weighted by Gasteiger charge is -2.44. The summed E-state index contributed by atoms with van der Waals surface area (Å²) in [7, 11) is 0. The molecule has 5 rings (SSSR count). The van der Waals surface area contributed by atoms with E-state index in [0.29, 0.717) is 49.0 Å². The number of halogens is 3. The average Bonchev–Trinajstić information content (AvgIpc) is 2.92. The number of benzene rings is 2. The maximum absolute atomic E-state index is 13.2. The number of hydrogen-bond donors (Lipinski definition) is 1. The van der Waals surface area contributed by atoms with Gasteiger partial charge in [-0.25, -0.2) is 4.79 Å². The van der Waals surface area contributed by atoms with Gasteiger partial charge in [-0.2, -0.15) is 13.2 Å². The first-order valence-electron chi connectivity index (χ1n) is 13.9. The van der Waals surface area contributed by atoms with Gasteiger partial charge in [-0.15, -0.1) is 0 Å². The molecule has 0 aliphatic carbocycles. The molecule has 3 heterocycles. The van der Waals surface area contributed by atoms with Crippen LogP contribution in [0.1, 0.15) is 72.0 Å². The number of pyridine rings is 1. The van der Waals surface area contributed by atoms with Gasteiger partial charge in [0.2, 0.25) is 0 Å². The van der Waals surface area contributed by atoms with E-state index in [-0.39, 0.29) is 23.9 Å². The second kappa shape index (κ2) is 11.0. The molecular weight excluding hydrogens is 563 g/mol. The standard InChI is InChI=1S/C32H32F3N3O5/c1-19-5-7-22(37-28(40)21-9-12-36-27(16-21)32(33,34)35)17-24(19)20-6-8-23-25(39)18-31(42-26(23)15-20)10-13-38(14-11-31)29(41)43-30(2,3)4/h5-9,12,15-17H,10-11,13-14,18H2,1-4H3,(H,37,40). The largest absolute Gasteiger partial charge is 0.486 e. The number of fused-ring (bicyclic) bond motifs is 1. The fraction of sp³-hybridized carbons (Fsp3) is 0.375. The summed E-state index contributed by atoms with van der Waals surface area (Å²) in [6.45, 7) is 8.13. The zero-order chi connectivity index (χ0) is 31.2. The van der Waals surface area contributed by atoms with E-state index in [0.717, 1.165) is 22.9 Å². The first-order chi connectivity index (χ1) is 20.1. The number of nitrogens with one attached hydrogen (secondary N) is 1. The van der Waals surface area contributed by atoms with Gasteiger partial charge in [0.15, 0.2) is 5.78 Å². The number of Topliss-reactive ketones (excluding diaryl/α,β-unsaturated/α-hetero) is 1. The van der Waals surface area contributed by atoms with Crippen molar-refractivity contribution in [1.29, 1.82) is 0 Å². The van der Waals surface area contributed by atoms with Crippen molar-refractivity contribution in [2.75, 3.05) is 18.4 Å². The minimum atomic E-state index is -4.67. The molecule has 43 heavy (non-hydrogen) atoms. The molecule has 0 atom stereocenters. The number of nitrogens with zero attached hydrogens (tertiary/aromatic N) is 2. The van der Waals surface area contributed by atoms with Crippen LogP contribution in [0.3, 0.4) is 0 Å². The highest BCUT2D eigenvalue weighted by atomic mass is 19.4. The summed E-state index contributed by atoms with van der Waals surface area (Å²) in [6, 6.07) is 12.4. The topological polar surface area (TPSA) is 97.8 Å². The molecule has 1 spiro atoms. The van der Waals surface area contributed by atoms with Crippen LogP contribution in [0.4, 0.5) is 23.7 Å². The smallest absolute Gasteiger partial charge is 0.433 e. The third kappa shape index (κ3) is 6.65. The number of carbonyl (C=O) groups is 3. The van der Waals surface area contributed by atoms with Crippen molar-refractivity contribution in [3.8, 4) is 16.9 Å². The van der Waals surface area contributed by atoms with Crippen LogP contribution in [-0.2, 0) is 10.9 Å². The number of rotatable bonds is 3. The molecule has 1 saturated heterocycles. The van der Waals surface area contributed by atoms with E-state index in [9.17, 15) is 27.6 Å². The number of amides is 2. The fourth-order valence-electron chi connectivity index (χ4n) is 5.30. The molecular formula is C32H32F3N3O5. The van der Waals surface area contributed by atoms with Gasteiger partial charge in [0, 0.05) is 43.4 Å². The van der Waals surface area contributed by atoms with Gasteiger partial charge in [0.05, 0.1) is 12.0 Å². The zero-order valence-corrected chi connectivity index (χ0v) is 24.3. The molecule has 226 valence electrons. The van der Waals surface area contributed by atoms with Gasteiger partial charge in [-0.1, -0.05) is 12.1 Å². The van der Waals surface area contributed by atoms with E-state index in [4.69, 9.17) is 9.47 Å². The van der Waals surface area contributed by atoms with E-state index in [2.05, 4.69) is 10.3 Å². The summed E-state index contributed by atoms with van der Waals surface area (Å²) in [5, 5.41) is 2.66. The molecule has 2 aliphatic heterocycles. The highest BCUT2D eigenvalue weighted by Gasteiger charge is 2.44. The maximum Gasteiger partial charge on any atom is 0.433 e. The minimum Gasteiger partial charge on any atom is -0.486 e. The van der Waals surface area contributed by atoms with Crippen LogP contribution in [-0.4, -0.2) is 52.0 Å². The monoisotopic (exact) mass is 595 g/mol. The molecule has 2 aromatic carbocycles. The predicted molar refractivity (Wildman–Crippen MR) is 153 cm³/mol.